The molecule has 3 aromatic rings. The van der Waals surface area contributed by atoms with Crippen LogP contribution >= 0.6 is 0 Å². The molecular weight excluding hydrogens is 382 g/mol. The standard InChI is InChI=1S/C18H21N5O4S/c1-18(2,3)27-17(24)22-21-15-11-19-16-14(20-15)9-10-23(16)28(25,26)12-13-7-5-4-6-8-13/h4-11H,12H2,1-3H3,(H,20,21)(H,22,24). The molecule has 10 heteroatoms. The molecule has 2 heterocycles. The van der Waals surface area contributed by atoms with Crippen molar-refractivity contribution in [1.29, 1.82) is 0 Å². The third kappa shape index (κ3) is 4.77. The highest BCUT2D eigenvalue weighted by molar-refractivity contribution is 7.89. The van der Waals surface area contributed by atoms with E-state index in [0.717, 1.165) is 3.97 Å². The van der Waals surface area contributed by atoms with Crippen LogP contribution < -0.4 is 10.9 Å². The monoisotopic (exact) mass is 403 g/mol. The van der Waals surface area contributed by atoms with E-state index in [1.807, 2.05) is 6.07 Å². The summed E-state index contributed by atoms with van der Waals surface area (Å²) in [7, 11) is -3.65. The van der Waals surface area contributed by atoms with Gasteiger partial charge in [0.15, 0.2) is 11.5 Å². The Morgan fingerprint density at radius 1 is 1.18 bits per heavy atom. The summed E-state index contributed by atoms with van der Waals surface area (Å²) in [5.41, 5.74) is 5.56. The van der Waals surface area contributed by atoms with Crippen molar-refractivity contribution in [1.82, 2.24) is 19.4 Å². The van der Waals surface area contributed by atoms with Gasteiger partial charge in [0.05, 0.1) is 11.9 Å². The summed E-state index contributed by atoms with van der Waals surface area (Å²) in [4.78, 5) is 20.1. The third-order valence-corrected chi connectivity index (χ3v) is 5.13. The van der Waals surface area contributed by atoms with Gasteiger partial charge in [-0.15, -0.1) is 0 Å². The van der Waals surface area contributed by atoms with Crippen LogP contribution in [0, 0.1) is 0 Å². The Bertz CT molecular complexity index is 1090. The van der Waals surface area contributed by atoms with Crippen molar-refractivity contribution in [3.05, 3.63) is 54.4 Å². The SMILES string of the molecule is CC(C)(C)OC(=O)NNc1cnc2c(ccn2S(=O)(=O)Cc2ccccc2)n1. The van der Waals surface area contributed by atoms with Gasteiger partial charge in [0.25, 0.3) is 0 Å². The van der Waals surface area contributed by atoms with Crippen molar-refractivity contribution >= 4 is 33.1 Å². The van der Waals surface area contributed by atoms with E-state index in [2.05, 4.69) is 20.8 Å². The van der Waals surface area contributed by atoms with Crippen molar-refractivity contribution in [2.24, 2.45) is 0 Å². The Morgan fingerprint density at radius 3 is 2.57 bits per heavy atom. The molecule has 0 radical (unpaired) electrons. The van der Waals surface area contributed by atoms with Crippen LogP contribution in [0.1, 0.15) is 26.3 Å². The van der Waals surface area contributed by atoms with Crippen LogP contribution in [0.5, 0.6) is 0 Å². The van der Waals surface area contributed by atoms with Gasteiger partial charge < -0.3 is 4.74 Å². The predicted octanol–water partition coefficient (Wildman–Crippen LogP) is 2.66. The van der Waals surface area contributed by atoms with Crippen LogP contribution in [0.2, 0.25) is 0 Å². The lowest BCUT2D eigenvalue weighted by molar-refractivity contribution is 0.0541. The summed E-state index contributed by atoms with van der Waals surface area (Å²) in [6, 6.07) is 10.4. The van der Waals surface area contributed by atoms with E-state index >= 15 is 0 Å². The van der Waals surface area contributed by atoms with E-state index in [9.17, 15) is 13.2 Å². The number of carbonyl (C=O) groups excluding carboxylic acids is 1. The highest BCUT2D eigenvalue weighted by atomic mass is 32.2. The van der Waals surface area contributed by atoms with Gasteiger partial charge in [0.1, 0.15) is 11.1 Å². The molecule has 1 amide bonds. The predicted molar refractivity (Wildman–Crippen MR) is 105 cm³/mol. The molecular formula is C18H21N5O4S. The minimum atomic E-state index is -3.65. The minimum absolute atomic E-state index is 0.153. The summed E-state index contributed by atoms with van der Waals surface area (Å²) < 4.78 is 31.6. The molecule has 0 aliphatic rings. The zero-order valence-corrected chi connectivity index (χ0v) is 16.5. The molecule has 3 rings (SSSR count). The lowest BCUT2D eigenvalue weighted by Crippen LogP contribution is -2.36. The first-order chi connectivity index (χ1) is 13.1. The molecule has 0 saturated heterocycles. The topological polar surface area (TPSA) is 115 Å². The third-order valence-electron chi connectivity index (χ3n) is 3.54. The van der Waals surface area contributed by atoms with E-state index in [0.29, 0.717) is 11.1 Å². The molecule has 2 N–H and O–H groups in total. The number of hydrazine groups is 1. The normalized spacial score (nSPS) is 12.0. The van der Waals surface area contributed by atoms with Gasteiger partial charge in [-0.05, 0) is 32.4 Å². The average Bonchev–Trinajstić information content (AvgIpc) is 3.03. The quantitative estimate of drug-likeness (QED) is 0.629. The number of nitrogens with one attached hydrogen (secondary N) is 2. The summed E-state index contributed by atoms with van der Waals surface area (Å²) in [5, 5.41) is 0. The van der Waals surface area contributed by atoms with Gasteiger partial charge in [0, 0.05) is 6.20 Å². The molecule has 148 valence electrons. The molecule has 0 saturated carbocycles. The largest absolute Gasteiger partial charge is 0.443 e. The number of anilines is 1. The Labute approximate surface area is 162 Å². The number of ether oxygens (including phenoxy) is 1. The first-order valence-corrected chi connectivity index (χ1v) is 10.1. The molecule has 9 nitrogen and oxygen atoms in total. The number of hydrogen-bond donors (Lipinski definition) is 2. The van der Waals surface area contributed by atoms with Gasteiger partial charge in [0.2, 0.25) is 10.0 Å². The Hall–Kier alpha value is -3.14. The number of carbonyl (C=O) groups is 1. The van der Waals surface area contributed by atoms with Crippen LogP contribution in [0.3, 0.4) is 0 Å². The number of nitrogens with zero attached hydrogens (tertiary/aromatic N) is 3. The fourth-order valence-electron chi connectivity index (χ4n) is 2.45. The zero-order chi connectivity index (χ0) is 20.4. The van der Waals surface area contributed by atoms with E-state index in [4.69, 9.17) is 4.74 Å². The second-order valence-electron chi connectivity index (χ2n) is 7.07. The number of aromatic nitrogens is 3. The maximum absolute atomic E-state index is 12.7. The van der Waals surface area contributed by atoms with Crippen molar-refractivity contribution in [3.8, 4) is 0 Å². The number of amides is 1. The molecule has 0 bridgehead atoms. The molecule has 0 unspecified atom stereocenters. The lowest BCUT2D eigenvalue weighted by atomic mass is 10.2. The second kappa shape index (κ2) is 7.47. The van der Waals surface area contributed by atoms with Gasteiger partial charge >= 0.3 is 6.09 Å². The number of hydrogen-bond acceptors (Lipinski definition) is 7. The van der Waals surface area contributed by atoms with Crippen LogP contribution in [0.25, 0.3) is 11.2 Å². The highest BCUT2D eigenvalue weighted by Gasteiger charge is 2.19. The van der Waals surface area contributed by atoms with Gasteiger partial charge in [-0.2, -0.15) is 0 Å². The average molecular weight is 403 g/mol. The molecule has 0 fully saturated rings. The van der Waals surface area contributed by atoms with Crippen molar-refractivity contribution < 1.29 is 17.9 Å². The van der Waals surface area contributed by atoms with E-state index in [1.165, 1.54) is 12.4 Å². The first-order valence-electron chi connectivity index (χ1n) is 8.50. The molecule has 0 aliphatic carbocycles. The number of rotatable bonds is 5. The van der Waals surface area contributed by atoms with Gasteiger partial charge in [-0.3, -0.25) is 5.43 Å². The van der Waals surface area contributed by atoms with E-state index in [-0.39, 0.29) is 17.2 Å². The van der Waals surface area contributed by atoms with Crippen LogP contribution in [0.15, 0.2) is 48.8 Å². The summed E-state index contributed by atoms with van der Waals surface area (Å²) in [5.74, 6) is 0.0935. The Balaban J connectivity index is 1.76. The maximum atomic E-state index is 12.7. The van der Waals surface area contributed by atoms with Crippen molar-refractivity contribution in [3.63, 3.8) is 0 Å². The number of fused-ring (bicyclic) bond motifs is 1. The summed E-state index contributed by atoms with van der Waals surface area (Å²) in [6.45, 7) is 5.24. The summed E-state index contributed by atoms with van der Waals surface area (Å²) in [6.07, 6.45) is 2.07. The number of benzene rings is 1. The maximum Gasteiger partial charge on any atom is 0.426 e. The molecule has 2 aromatic heterocycles. The molecule has 28 heavy (non-hydrogen) atoms. The smallest absolute Gasteiger partial charge is 0.426 e. The fraction of sp³-hybridized carbons (Fsp3) is 0.278. The highest BCUT2D eigenvalue weighted by Crippen LogP contribution is 2.18. The lowest BCUT2D eigenvalue weighted by Gasteiger charge is -2.19. The second-order valence-corrected chi connectivity index (χ2v) is 8.92. The first kappa shape index (κ1) is 19.6. The molecule has 1 aromatic carbocycles. The Kier molecular flexibility index (Phi) is 5.23. The minimum Gasteiger partial charge on any atom is -0.443 e. The van der Waals surface area contributed by atoms with Gasteiger partial charge in [-0.1, -0.05) is 30.3 Å². The van der Waals surface area contributed by atoms with Crippen molar-refractivity contribution in [2.75, 3.05) is 5.43 Å². The fourth-order valence-corrected chi connectivity index (χ4v) is 3.85. The zero-order valence-electron chi connectivity index (χ0n) is 15.7. The van der Waals surface area contributed by atoms with E-state index < -0.39 is 21.7 Å². The molecule has 0 spiro atoms. The van der Waals surface area contributed by atoms with Gasteiger partial charge in [-0.25, -0.2) is 32.6 Å². The molecule has 0 atom stereocenters. The molecule has 0 aliphatic heterocycles. The van der Waals surface area contributed by atoms with Crippen LogP contribution in [-0.4, -0.2) is 34.1 Å². The van der Waals surface area contributed by atoms with Crippen molar-refractivity contribution in [2.45, 2.75) is 32.1 Å². The Morgan fingerprint density at radius 2 is 1.89 bits per heavy atom. The van der Waals surface area contributed by atoms with E-state index in [1.54, 1.807) is 51.1 Å². The summed E-state index contributed by atoms with van der Waals surface area (Å²) >= 11 is 0. The van der Waals surface area contributed by atoms with Crippen LogP contribution in [-0.2, 0) is 20.5 Å². The van der Waals surface area contributed by atoms with Crippen LogP contribution in [0.4, 0.5) is 10.6 Å².